The predicted molar refractivity (Wildman–Crippen MR) is 101 cm³/mol. The van der Waals surface area contributed by atoms with E-state index >= 15 is 0 Å². The first-order valence-corrected chi connectivity index (χ1v) is 8.63. The van der Waals surface area contributed by atoms with Crippen molar-refractivity contribution in [1.29, 1.82) is 0 Å². The van der Waals surface area contributed by atoms with Crippen LogP contribution in [-0.4, -0.2) is 21.1 Å². The Morgan fingerprint density at radius 3 is 2.93 bits per heavy atom. The molecule has 0 saturated carbocycles. The Morgan fingerprint density at radius 2 is 2.04 bits per heavy atom. The molecule has 0 N–H and O–H groups in total. The van der Waals surface area contributed by atoms with Gasteiger partial charge in [-0.2, -0.15) is 0 Å². The number of hydrogen-bond donors (Lipinski definition) is 0. The zero-order valence-corrected chi connectivity index (χ0v) is 14.2. The molecule has 27 heavy (non-hydrogen) atoms. The summed E-state index contributed by atoms with van der Waals surface area (Å²) < 4.78 is 16.3. The molecular weight excluding hydrogens is 345 g/mol. The Morgan fingerprint density at radius 1 is 1.15 bits per heavy atom. The molecule has 0 unspecified atom stereocenters. The maximum Gasteiger partial charge on any atom is 0.163 e. The molecule has 0 radical (unpaired) electrons. The molecular formula is C19H14FN7. The number of aromatic nitrogens is 3. The lowest BCUT2D eigenvalue weighted by molar-refractivity contribution is 0.631. The molecule has 1 aliphatic heterocycles. The average molecular weight is 359 g/mol. The van der Waals surface area contributed by atoms with Crippen LogP contribution in [0.4, 0.5) is 21.5 Å². The minimum absolute atomic E-state index is 0.0452. The van der Waals surface area contributed by atoms with Gasteiger partial charge in [-0.25, -0.2) is 4.39 Å². The normalized spacial score (nSPS) is 13.6. The molecule has 0 bridgehead atoms. The first kappa shape index (κ1) is 15.6. The van der Waals surface area contributed by atoms with E-state index < -0.39 is 5.82 Å². The minimum atomic E-state index is -0.556. The van der Waals surface area contributed by atoms with Crippen molar-refractivity contribution >= 4 is 33.6 Å². The number of azide groups is 1. The van der Waals surface area contributed by atoms with Crippen molar-refractivity contribution in [2.75, 3.05) is 11.4 Å². The third-order valence-electron chi connectivity index (χ3n) is 4.99. The summed E-state index contributed by atoms with van der Waals surface area (Å²) in [5.74, 6) is -0.556. The maximum absolute atomic E-state index is 14.6. The summed E-state index contributed by atoms with van der Waals surface area (Å²) in [7, 11) is 0. The lowest BCUT2D eigenvalue weighted by atomic mass is 10.00. The second-order valence-corrected chi connectivity index (χ2v) is 6.48. The molecule has 0 aliphatic carbocycles. The second kappa shape index (κ2) is 5.96. The molecule has 0 spiro atoms. The number of para-hydroxylation sites is 1. The average Bonchev–Trinajstić information content (AvgIpc) is 3.17. The molecule has 132 valence electrons. The van der Waals surface area contributed by atoms with E-state index in [2.05, 4.69) is 37.3 Å². The van der Waals surface area contributed by atoms with Crippen molar-refractivity contribution in [1.82, 2.24) is 14.6 Å². The summed E-state index contributed by atoms with van der Waals surface area (Å²) >= 11 is 0. The van der Waals surface area contributed by atoms with Crippen LogP contribution in [0, 0.1) is 5.82 Å². The zero-order valence-electron chi connectivity index (χ0n) is 14.2. The van der Waals surface area contributed by atoms with E-state index in [-0.39, 0.29) is 5.69 Å². The number of pyridine rings is 1. The molecule has 0 atom stereocenters. The van der Waals surface area contributed by atoms with Gasteiger partial charge >= 0.3 is 0 Å². The Kier molecular flexibility index (Phi) is 3.45. The van der Waals surface area contributed by atoms with Gasteiger partial charge in [-0.3, -0.25) is 4.40 Å². The van der Waals surface area contributed by atoms with Crippen LogP contribution < -0.4 is 4.90 Å². The molecule has 4 aromatic rings. The van der Waals surface area contributed by atoms with E-state index in [9.17, 15) is 4.39 Å². The van der Waals surface area contributed by atoms with Crippen LogP contribution in [0.1, 0.15) is 12.0 Å². The van der Waals surface area contributed by atoms with Crippen LogP contribution in [0.25, 0.3) is 27.0 Å². The van der Waals surface area contributed by atoms with Gasteiger partial charge < -0.3 is 4.90 Å². The smallest absolute Gasteiger partial charge is 0.163 e. The van der Waals surface area contributed by atoms with Gasteiger partial charge in [0.1, 0.15) is 12.1 Å². The quantitative estimate of drug-likeness (QED) is 0.285. The predicted octanol–water partition coefficient (Wildman–Crippen LogP) is 5.05. The van der Waals surface area contributed by atoms with E-state index in [1.54, 1.807) is 16.8 Å². The molecule has 7 nitrogen and oxygen atoms in total. The third-order valence-corrected chi connectivity index (χ3v) is 4.99. The summed E-state index contributed by atoms with van der Waals surface area (Å²) in [6.45, 7) is 0.830. The highest BCUT2D eigenvalue weighted by Gasteiger charge is 2.22. The van der Waals surface area contributed by atoms with Crippen LogP contribution in [-0.2, 0) is 6.42 Å². The Hall–Kier alpha value is -3.64. The number of fused-ring (bicyclic) bond motifs is 4. The fraction of sp³-hybridized carbons (Fsp3) is 0.158. The molecule has 0 saturated heterocycles. The van der Waals surface area contributed by atoms with E-state index in [0.717, 1.165) is 30.8 Å². The standard InChI is InChI=1S/C19H14FN7/c20-14-8-13-17(9-15(14)23-25-21)27-11-22-24-19(27)10-18(13)26-7-3-5-12-4-1-2-6-16(12)26/h1-2,4,6,8-11H,3,5,7H2. The Bertz CT molecular complexity index is 1240. The number of nitrogens with zero attached hydrogens (tertiary/aromatic N) is 7. The van der Waals surface area contributed by atoms with E-state index in [0.29, 0.717) is 16.6 Å². The van der Waals surface area contributed by atoms with Crippen molar-refractivity contribution in [3.05, 3.63) is 70.6 Å². The Labute approximate surface area is 153 Å². The first-order valence-electron chi connectivity index (χ1n) is 8.63. The van der Waals surface area contributed by atoms with Crippen LogP contribution >= 0.6 is 0 Å². The molecule has 5 rings (SSSR count). The van der Waals surface area contributed by atoms with Crippen molar-refractivity contribution in [2.45, 2.75) is 12.8 Å². The monoisotopic (exact) mass is 359 g/mol. The number of benzene rings is 2. The number of aryl methyl sites for hydroxylation is 1. The van der Waals surface area contributed by atoms with Crippen LogP contribution in [0.2, 0.25) is 0 Å². The SMILES string of the molecule is [N-]=[N+]=Nc1cc2c(cc1F)c(N1CCCc3ccccc31)cc1nncn12. The highest BCUT2D eigenvalue weighted by atomic mass is 19.1. The van der Waals surface area contributed by atoms with Gasteiger partial charge in [0.05, 0.1) is 16.9 Å². The highest BCUT2D eigenvalue weighted by molar-refractivity contribution is 5.98. The van der Waals surface area contributed by atoms with Gasteiger partial charge in [-0.05, 0) is 42.1 Å². The van der Waals surface area contributed by atoms with Crippen molar-refractivity contribution < 1.29 is 4.39 Å². The summed E-state index contributed by atoms with van der Waals surface area (Å²) in [5, 5.41) is 12.3. The minimum Gasteiger partial charge on any atom is -0.341 e. The summed E-state index contributed by atoms with van der Waals surface area (Å²) in [6.07, 6.45) is 3.60. The number of halogens is 1. The van der Waals surface area contributed by atoms with Crippen molar-refractivity contribution in [3.8, 4) is 0 Å². The molecule has 3 heterocycles. The van der Waals surface area contributed by atoms with Gasteiger partial charge in [0.15, 0.2) is 5.65 Å². The zero-order chi connectivity index (χ0) is 18.4. The lowest BCUT2D eigenvalue weighted by Crippen LogP contribution is -2.24. The van der Waals surface area contributed by atoms with Crippen LogP contribution in [0.3, 0.4) is 0 Å². The number of rotatable bonds is 2. The van der Waals surface area contributed by atoms with Crippen molar-refractivity contribution in [2.24, 2.45) is 5.11 Å². The van der Waals surface area contributed by atoms with Gasteiger partial charge in [0, 0.05) is 28.6 Å². The highest BCUT2D eigenvalue weighted by Crippen LogP contribution is 2.39. The molecule has 2 aromatic heterocycles. The van der Waals surface area contributed by atoms with E-state index in [4.69, 9.17) is 5.53 Å². The first-order chi connectivity index (χ1) is 13.3. The molecule has 2 aromatic carbocycles. The number of hydrogen-bond acceptors (Lipinski definition) is 4. The topological polar surface area (TPSA) is 82.2 Å². The van der Waals surface area contributed by atoms with Crippen LogP contribution in [0.15, 0.2) is 53.9 Å². The van der Waals surface area contributed by atoms with Gasteiger partial charge in [0.2, 0.25) is 0 Å². The van der Waals surface area contributed by atoms with Crippen LogP contribution in [0.5, 0.6) is 0 Å². The molecule has 8 heteroatoms. The summed E-state index contributed by atoms with van der Waals surface area (Å²) in [6, 6.07) is 13.1. The molecule has 0 amide bonds. The fourth-order valence-corrected chi connectivity index (χ4v) is 3.82. The molecule has 0 fully saturated rings. The second-order valence-electron chi connectivity index (χ2n) is 6.48. The number of anilines is 2. The maximum atomic E-state index is 14.6. The van der Waals surface area contributed by atoms with E-state index in [1.807, 2.05) is 18.2 Å². The van der Waals surface area contributed by atoms with Gasteiger partial charge in [-0.15, -0.1) is 10.2 Å². The summed E-state index contributed by atoms with van der Waals surface area (Å²) in [4.78, 5) is 4.91. The van der Waals surface area contributed by atoms with Gasteiger partial charge in [0.25, 0.3) is 0 Å². The largest absolute Gasteiger partial charge is 0.341 e. The third kappa shape index (κ3) is 2.38. The summed E-state index contributed by atoms with van der Waals surface area (Å²) in [5.41, 5.74) is 13.3. The van der Waals surface area contributed by atoms with E-state index in [1.165, 1.54) is 11.6 Å². The Balaban J connectivity index is 1.84. The fourth-order valence-electron chi connectivity index (χ4n) is 3.82. The van der Waals surface area contributed by atoms with Crippen molar-refractivity contribution in [3.63, 3.8) is 0 Å². The van der Waals surface area contributed by atoms with Gasteiger partial charge in [-0.1, -0.05) is 23.3 Å². The molecule has 1 aliphatic rings. The lowest BCUT2D eigenvalue weighted by Gasteiger charge is -2.32.